The summed E-state index contributed by atoms with van der Waals surface area (Å²) in [6, 6.07) is 6.86. The van der Waals surface area contributed by atoms with Crippen molar-refractivity contribution in [2.45, 2.75) is 50.7 Å². The number of hydrogen-bond donors (Lipinski definition) is 3. The normalized spacial score (nSPS) is 22.1. The molecule has 0 unspecified atom stereocenters. The second kappa shape index (κ2) is 8.79. The Bertz CT molecular complexity index is 1390. The molecule has 1 aromatic carbocycles. The van der Waals surface area contributed by atoms with Gasteiger partial charge in [-0.3, -0.25) is 4.79 Å². The van der Waals surface area contributed by atoms with Gasteiger partial charge in [0, 0.05) is 31.7 Å². The molecule has 1 aliphatic heterocycles. The molecule has 4 heterocycles. The second-order valence-corrected chi connectivity index (χ2v) is 10.6. The minimum atomic E-state index is -0.629. The number of nitrogens with zero attached hydrogens (tertiary/aromatic N) is 4. The third-order valence-electron chi connectivity index (χ3n) is 7.53. The van der Waals surface area contributed by atoms with Crippen LogP contribution in [0.2, 0.25) is 0 Å². The molecule has 1 saturated carbocycles. The summed E-state index contributed by atoms with van der Waals surface area (Å²) in [6.45, 7) is 1.04. The van der Waals surface area contributed by atoms with E-state index in [-0.39, 0.29) is 18.1 Å². The molecule has 34 heavy (non-hydrogen) atoms. The van der Waals surface area contributed by atoms with Gasteiger partial charge in [-0.2, -0.15) is 0 Å². The van der Waals surface area contributed by atoms with Crippen molar-refractivity contribution in [2.75, 3.05) is 24.6 Å². The van der Waals surface area contributed by atoms with Gasteiger partial charge < -0.3 is 24.7 Å². The molecule has 1 aliphatic carbocycles. The largest absolute Gasteiger partial charge is 0.396 e. The van der Waals surface area contributed by atoms with Crippen molar-refractivity contribution >= 4 is 38.3 Å². The van der Waals surface area contributed by atoms with E-state index in [0.717, 1.165) is 26.5 Å². The lowest BCUT2D eigenvalue weighted by atomic mass is 9.95. The Labute approximate surface area is 200 Å². The Hall–Kier alpha value is -2.75. The number of rotatable bonds is 4. The Morgan fingerprint density at radius 3 is 2.79 bits per heavy atom. The molecule has 0 spiro atoms. The zero-order chi connectivity index (χ0) is 23.2. The molecular weight excluding hydrogens is 450 g/mol. The molecule has 2 atom stereocenters. The van der Waals surface area contributed by atoms with E-state index in [4.69, 9.17) is 4.98 Å². The average Bonchev–Trinajstić information content (AvgIpc) is 3.47. The molecule has 3 aromatic heterocycles. The minimum absolute atomic E-state index is 0.0267. The molecule has 2 fully saturated rings. The molecule has 0 bridgehead atoms. The Morgan fingerprint density at radius 1 is 1.15 bits per heavy atom. The summed E-state index contributed by atoms with van der Waals surface area (Å²) in [4.78, 5) is 27.8. The van der Waals surface area contributed by atoms with E-state index in [1.807, 2.05) is 6.33 Å². The van der Waals surface area contributed by atoms with E-state index in [1.165, 1.54) is 49.8 Å². The first-order valence-corrected chi connectivity index (χ1v) is 13.0. The van der Waals surface area contributed by atoms with Crippen molar-refractivity contribution in [1.82, 2.24) is 19.5 Å². The van der Waals surface area contributed by atoms with Gasteiger partial charge in [0.05, 0.1) is 40.2 Å². The van der Waals surface area contributed by atoms with Crippen LogP contribution in [0.3, 0.4) is 0 Å². The van der Waals surface area contributed by atoms with Crippen molar-refractivity contribution < 1.29 is 10.2 Å². The van der Waals surface area contributed by atoms with Crippen LogP contribution in [0.5, 0.6) is 0 Å². The van der Waals surface area contributed by atoms with Gasteiger partial charge >= 0.3 is 0 Å². The van der Waals surface area contributed by atoms with Gasteiger partial charge in [-0.1, -0.05) is 25.3 Å². The van der Waals surface area contributed by atoms with Crippen LogP contribution in [0.15, 0.2) is 35.6 Å². The van der Waals surface area contributed by atoms with Crippen molar-refractivity contribution in [3.05, 3.63) is 41.2 Å². The van der Waals surface area contributed by atoms with E-state index in [9.17, 15) is 15.0 Å². The lowest BCUT2D eigenvalue weighted by Crippen LogP contribution is -2.45. The van der Waals surface area contributed by atoms with E-state index in [2.05, 4.69) is 37.6 Å². The molecule has 3 N–H and O–H groups in total. The van der Waals surface area contributed by atoms with E-state index < -0.39 is 6.10 Å². The van der Waals surface area contributed by atoms with Gasteiger partial charge in [0.1, 0.15) is 10.4 Å². The first-order chi connectivity index (χ1) is 16.6. The van der Waals surface area contributed by atoms with Crippen molar-refractivity contribution in [3.8, 4) is 10.4 Å². The van der Waals surface area contributed by atoms with Crippen molar-refractivity contribution in [1.29, 1.82) is 0 Å². The van der Waals surface area contributed by atoms with Crippen LogP contribution >= 0.6 is 11.3 Å². The molecule has 0 amide bonds. The van der Waals surface area contributed by atoms with Gasteiger partial charge in [-0.05, 0) is 37.0 Å². The number of aliphatic hydroxyl groups excluding tert-OH is 2. The average molecular weight is 480 g/mol. The lowest BCUT2D eigenvalue weighted by Gasteiger charge is -2.35. The maximum atomic E-state index is 12.8. The molecule has 8 nitrogen and oxygen atoms in total. The van der Waals surface area contributed by atoms with Crippen LogP contribution in [-0.4, -0.2) is 55.5 Å². The fraction of sp³-hybridized carbons (Fsp3) is 0.480. The molecule has 0 radical (unpaired) electrons. The van der Waals surface area contributed by atoms with Crippen LogP contribution < -0.4 is 10.5 Å². The number of fused-ring (bicyclic) bond motifs is 2. The van der Waals surface area contributed by atoms with Crippen LogP contribution in [-0.2, 0) is 0 Å². The zero-order valence-electron chi connectivity index (χ0n) is 19.0. The van der Waals surface area contributed by atoms with Crippen LogP contribution in [0.1, 0.15) is 44.6 Å². The zero-order valence-corrected chi connectivity index (χ0v) is 19.8. The summed E-state index contributed by atoms with van der Waals surface area (Å²) >= 11 is 1.54. The first kappa shape index (κ1) is 21.8. The van der Waals surface area contributed by atoms with Crippen LogP contribution in [0, 0.1) is 5.92 Å². The summed E-state index contributed by atoms with van der Waals surface area (Å²) in [5.74, 6) is -0.125. The number of hydrogen-bond acceptors (Lipinski definition) is 7. The summed E-state index contributed by atoms with van der Waals surface area (Å²) < 4.78 is 2.33. The highest BCUT2D eigenvalue weighted by atomic mass is 32.1. The molecule has 6 rings (SSSR count). The SMILES string of the molecule is O=c1[nH]cnc2c(-c3ccc4c(c3)ncn4C3CCCCC3)sc(N3CC[C@H](CO)[C@@H](O)C3)c12. The van der Waals surface area contributed by atoms with Gasteiger partial charge in [0.25, 0.3) is 5.56 Å². The second-order valence-electron chi connectivity index (χ2n) is 9.58. The standard InChI is InChI=1S/C25H29N5O3S/c31-12-16-8-9-29(11-20(16)32)25-21-22(26-13-27-24(21)33)23(34-25)15-6-7-19-18(10-15)28-14-30(19)17-4-2-1-3-5-17/h6-7,10,13-14,16-17,20,31-32H,1-5,8-9,11-12H2,(H,26,27,33)/t16-,20+/m1/s1. The van der Waals surface area contributed by atoms with Crippen LogP contribution in [0.25, 0.3) is 32.4 Å². The smallest absolute Gasteiger partial charge is 0.261 e. The van der Waals surface area contributed by atoms with Gasteiger partial charge in [0.2, 0.25) is 0 Å². The van der Waals surface area contributed by atoms with E-state index >= 15 is 0 Å². The van der Waals surface area contributed by atoms with Crippen molar-refractivity contribution in [3.63, 3.8) is 0 Å². The highest BCUT2D eigenvalue weighted by molar-refractivity contribution is 7.21. The summed E-state index contributed by atoms with van der Waals surface area (Å²) in [7, 11) is 0. The summed E-state index contributed by atoms with van der Waals surface area (Å²) in [6.07, 6.45) is 9.75. The fourth-order valence-electron chi connectivity index (χ4n) is 5.59. The number of anilines is 1. The number of H-pyrrole nitrogens is 1. The number of piperidine rings is 1. The number of aromatic nitrogens is 4. The van der Waals surface area contributed by atoms with Gasteiger partial charge in [-0.15, -0.1) is 11.3 Å². The molecule has 4 aromatic rings. The third kappa shape index (κ3) is 3.62. The predicted octanol–water partition coefficient (Wildman–Crippen LogP) is 3.69. The monoisotopic (exact) mass is 479 g/mol. The number of thiophene rings is 1. The van der Waals surface area contributed by atoms with E-state index in [0.29, 0.717) is 36.5 Å². The Balaban J connectivity index is 1.41. The van der Waals surface area contributed by atoms with Crippen LogP contribution in [0.4, 0.5) is 5.00 Å². The predicted molar refractivity (Wildman–Crippen MR) is 135 cm³/mol. The molecule has 9 heteroatoms. The highest BCUT2D eigenvalue weighted by Crippen LogP contribution is 2.43. The van der Waals surface area contributed by atoms with Crippen molar-refractivity contribution in [2.24, 2.45) is 5.92 Å². The minimum Gasteiger partial charge on any atom is -0.396 e. The number of nitrogens with one attached hydrogen (secondary N) is 1. The quantitative estimate of drug-likeness (QED) is 0.412. The number of β-amino-alcohol motifs (C(OH)–C–C–N with tert-alkyl or cyclic N) is 1. The number of aliphatic hydroxyl groups is 2. The third-order valence-corrected chi connectivity index (χ3v) is 8.82. The fourth-order valence-corrected chi connectivity index (χ4v) is 6.86. The summed E-state index contributed by atoms with van der Waals surface area (Å²) in [5.41, 5.74) is 3.59. The molecule has 178 valence electrons. The number of benzene rings is 1. The van der Waals surface area contributed by atoms with E-state index in [1.54, 1.807) is 0 Å². The molecule has 1 saturated heterocycles. The topological polar surface area (TPSA) is 107 Å². The molecule has 2 aliphatic rings. The van der Waals surface area contributed by atoms with Gasteiger partial charge in [0.15, 0.2) is 0 Å². The Kier molecular flexibility index (Phi) is 5.63. The highest BCUT2D eigenvalue weighted by Gasteiger charge is 2.30. The maximum absolute atomic E-state index is 12.8. The first-order valence-electron chi connectivity index (χ1n) is 12.1. The summed E-state index contributed by atoms with van der Waals surface area (Å²) in [5, 5.41) is 21.4. The van der Waals surface area contributed by atoms with Gasteiger partial charge in [-0.25, -0.2) is 9.97 Å². The lowest BCUT2D eigenvalue weighted by molar-refractivity contribution is 0.0550. The maximum Gasteiger partial charge on any atom is 0.261 e. The number of aromatic amines is 1. The number of imidazole rings is 1. The molecular formula is C25H29N5O3S. The Morgan fingerprint density at radius 2 is 2.00 bits per heavy atom.